The number of benzene rings is 1. The van der Waals surface area contributed by atoms with Crippen LogP contribution in [0.2, 0.25) is 0 Å². The molecular formula is C28H47N3O4S. The summed E-state index contributed by atoms with van der Waals surface area (Å²) in [6.07, 6.45) is 6.87. The van der Waals surface area contributed by atoms with Crippen molar-refractivity contribution in [2.45, 2.75) is 91.6 Å². The van der Waals surface area contributed by atoms with Crippen molar-refractivity contribution in [3.05, 3.63) is 35.9 Å². The third-order valence-electron chi connectivity index (χ3n) is 6.75. The summed E-state index contributed by atoms with van der Waals surface area (Å²) in [4.78, 5) is 30.1. The standard InChI is InChI=1S/C28H47N3O4S/c1-5-7-8-12-15-27(32)29-18-16-26(17-19-29)31(22-25-13-10-9-11-14-25)28(33)23-30(21-24(3)4)36(34,35)20-6-2/h9-11,13-14,24,26H,5-8,12,15-23H2,1-4H3. The Morgan fingerprint density at radius 1 is 1.00 bits per heavy atom. The van der Waals surface area contributed by atoms with Crippen LogP contribution in [-0.4, -0.2) is 72.3 Å². The molecule has 0 N–H and O–H groups in total. The quantitative estimate of drug-likeness (QED) is 0.314. The zero-order chi connectivity index (χ0) is 26.6. The van der Waals surface area contributed by atoms with Gasteiger partial charge in [0.1, 0.15) is 0 Å². The predicted molar refractivity (Wildman–Crippen MR) is 146 cm³/mol. The van der Waals surface area contributed by atoms with Crippen molar-refractivity contribution < 1.29 is 18.0 Å². The molecule has 0 radical (unpaired) electrons. The van der Waals surface area contributed by atoms with E-state index in [2.05, 4.69) is 6.92 Å². The van der Waals surface area contributed by atoms with Crippen LogP contribution in [0.25, 0.3) is 0 Å². The molecule has 0 saturated carbocycles. The summed E-state index contributed by atoms with van der Waals surface area (Å²) in [5.74, 6) is 0.214. The number of carbonyl (C=O) groups is 2. The van der Waals surface area contributed by atoms with Crippen molar-refractivity contribution in [2.24, 2.45) is 5.92 Å². The average Bonchev–Trinajstić information content (AvgIpc) is 2.85. The van der Waals surface area contributed by atoms with Crippen LogP contribution in [0.15, 0.2) is 30.3 Å². The van der Waals surface area contributed by atoms with Gasteiger partial charge in [-0.15, -0.1) is 0 Å². The molecule has 2 amide bonds. The zero-order valence-electron chi connectivity index (χ0n) is 22.8. The number of unbranched alkanes of at least 4 members (excludes halogenated alkanes) is 3. The van der Waals surface area contributed by atoms with Crippen LogP contribution in [-0.2, 0) is 26.2 Å². The SMILES string of the molecule is CCCCCCC(=O)N1CCC(N(Cc2ccccc2)C(=O)CN(CC(C)C)S(=O)(=O)CCC)CC1. The van der Waals surface area contributed by atoms with Crippen molar-refractivity contribution >= 4 is 21.8 Å². The fraction of sp³-hybridized carbons (Fsp3) is 0.714. The first-order chi connectivity index (χ1) is 17.2. The molecule has 1 saturated heterocycles. The first-order valence-corrected chi connectivity index (χ1v) is 15.4. The second kappa shape index (κ2) is 15.4. The van der Waals surface area contributed by atoms with Gasteiger partial charge in [-0.1, -0.05) is 77.3 Å². The largest absolute Gasteiger partial charge is 0.343 e. The molecule has 0 atom stereocenters. The molecular weight excluding hydrogens is 474 g/mol. The molecule has 1 heterocycles. The Balaban J connectivity index is 2.12. The Hall–Kier alpha value is -1.93. The highest BCUT2D eigenvalue weighted by atomic mass is 32.2. The van der Waals surface area contributed by atoms with Crippen LogP contribution in [0.3, 0.4) is 0 Å². The van der Waals surface area contributed by atoms with E-state index in [4.69, 9.17) is 0 Å². The number of rotatable bonds is 15. The van der Waals surface area contributed by atoms with Crippen molar-refractivity contribution in [2.75, 3.05) is 31.9 Å². The minimum Gasteiger partial charge on any atom is -0.343 e. The van der Waals surface area contributed by atoms with Crippen LogP contribution in [0.5, 0.6) is 0 Å². The van der Waals surface area contributed by atoms with E-state index in [1.165, 1.54) is 4.31 Å². The number of carbonyl (C=O) groups excluding carboxylic acids is 2. The Morgan fingerprint density at radius 2 is 1.67 bits per heavy atom. The summed E-state index contributed by atoms with van der Waals surface area (Å²) in [7, 11) is -3.50. The van der Waals surface area contributed by atoms with Gasteiger partial charge in [-0.05, 0) is 37.2 Å². The molecule has 1 aromatic rings. The molecule has 204 valence electrons. The van der Waals surface area contributed by atoms with Gasteiger partial charge in [0.05, 0.1) is 12.3 Å². The van der Waals surface area contributed by atoms with E-state index in [1.807, 2.05) is 60.9 Å². The lowest BCUT2D eigenvalue weighted by molar-refractivity contribution is -0.137. The van der Waals surface area contributed by atoms with Crippen LogP contribution < -0.4 is 0 Å². The molecule has 1 aliphatic heterocycles. The zero-order valence-corrected chi connectivity index (χ0v) is 23.6. The number of hydrogen-bond acceptors (Lipinski definition) is 4. The van der Waals surface area contributed by atoms with Gasteiger partial charge in [-0.2, -0.15) is 4.31 Å². The van der Waals surface area contributed by atoms with E-state index < -0.39 is 10.0 Å². The number of likely N-dealkylation sites (tertiary alicyclic amines) is 1. The molecule has 7 nitrogen and oxygen atoms in total. The molecule has 0 bridgehead atoms. The minimum atomic E-state index is -3.50. The summed E-state index contributed by atoms with van der Waals surface area (Å²) >= 11 is 0. The number of nitrogens with zero attached hydrogens (tertiary/aromatic N) is 3. The van der Waals surface area contributed by atoms with Gasteiger partial charge in [0.15, 0.2) is 0 Å². The Labute approximate surface area is 219 Å². The number of amides is 2. The Kier molecular flexibility index (Phi) is 12.9. The molecule has 0 aliphatic carbocycles. The fourth-order valence-electron chi connectivity index (χ4n) is 4.80. The van der Waals surface area contributed by atoms with E-state index in [1.54, 1.807) is 0 Å². The van der Waals surface area contributed by atoms with Crippen LogP contribution in [0.1, 0.15) is 84.6 Å². The molecule has 36 heavy (non-hydrogen) atoms. The average molecular weight is 522 g/mol. The number of piperidine rings is 1. The van der Waals surface area contributed by atoms with Gasteiger partial charge in [0, 0.05) is 38.6 Å². The molecule has 0 spiro atoms. The normalized spacial score (nSPS) is 15.0. The van der Waals surface area contributed by atoms with E-state index in [9.17, 15) is 18.0 Å². The smallest absolute Gasteiger partial charge is 0.238 e. The molecule has 1 fully saturated rings. The second-order valence-electron chi connectivity index (χ2n) is 10.4. The summed E-state index contributed by atoms with van der Waals surface area (Å²) in [5, 5.41) is 0. The molecule has 1 aliphatic rings. The van der Waals surface area contributed by atoms with Crippen LogP contribution in [0.4, 0.5) is 0 Å². The highest BCUT2D eigenvalue weighted by Gasteiger charge is 2.32. The Morgan fingerprint density at radius 3 is 2.25 bits per heavy atom. The van der Waals surface area contributed by atoms with E-state index in [0.717, 1.165) is 31.2 Å². The van der Waals surface area contributed by atoms with Gasteiger partial charge in [0.25, 0.3) is 0 Å². The van der Waals surface area contributed by atoms with Gasteiger partial charge in [-0.3, -0.25) is 9.59 Å². The van der Waals surface area contributed by atoms with Crippen LogP contribution >= 0.6 is 0 Å². The second-order valence-corrected chi connectivity index (χ2v) is 12.5. The molecule has 0 unspecified atom stereocenters. The van der Waals surface area contributed by atoms with Gasteiger partial charge in [-0.25, -0.2) is 8.42 Å². The van der Waals surface area contributed by atoms with E-state index >= 15 is 0 Å². The lowest BCUT2D eigenvalue weighted by Crippen LogP contribution is -2.51. The van der Waals surface area contributed by atoms with Crippen molar-refractivity contribution in [3.63, 3.8) is 0 Å². The number of sulfonamides is 1. The van der Waals surface area contributed by atoms with Crippen molar-refractivity contribution in [1.82, 2.24) is 14.1 Å². The lowest BCUT2D eigenvalue weighted by Gasteiger charge is -2.39. The monoisotopic (exact) mass is 521 g/mol. The van der Waals surface area contributed by atoms with Crippen molar-refractivity contribution in [3.8, 4) is 0 Å². The maximum atomic E-state index is 13.6. The first kappa shape index (κ1) is 30.3. The van der Waals surface area contributed by atoms with Crippen molar-refractivity contribution in [1.29, 1.82) is 0 Å². The van der Waals surface area contributed by atoms with Gasteiger partial charge >= 0.3 is 0 Å². The first-order valence-electron chi connectivity index (χ1n) is 13.8. The molecule has 0 aromatic heterocycles. The van der Waals surface area contributed by atoms with Gasteiger partial charge < -0.3 is 9.80 Å². The maximum Gasteiger partial charge on any atom is 0.238 e. The van der Waals surface area contributed by atoms with Crippen LogP contribution in [0, 0.1) is 5.92 Å². The van der Waals surface area contributed by atoms with E-state index in [-0.39, 0.29) is 36.1 Å². The predicted octanol–water partition coefficient (Wildman–Crippen LogP) is 4.67. The summed E-state index contributed by atoms with van der Waals surface area (Å²) in [5.41, 5.74) is 1.02. The van der Waals surface area contributed by atoms with E-state index in [0.29, 0.717) is 51.9 Å². The maximum absolute atomic E-state index is 13.6. The lowest BCUT2D eigenvalue weighted by atomic mass is 10.0. The van der Waals surface area contributed by atoms with Gasteiger partial charge in [0.2, 0.25) is 21.8 Å². The topological polar surface area (TPSA) is 78.0 Å². The molecule has 1 aromatic carbocycles. The number of hydrogen-bond donors (Lipinski definition) is 0. The fourth-order valence-corrected chi connectivity index (χ4v) is 6.41. The highest BCUT2D eigenvalue weighted by Crippen LogP contribution is 2.22. The third kappa shape index (κ3) is 9.85. The summed E-state index contributed by atoms with van der Waals surface area (Å²) in [6, 6.07) is 9.83. The third-order valence-corrected chi connectivity index (χ3v) is 8.74. The highest BCUT2D eigenvalue weighted by molar-refractivity contribution is 7.89. The molecule has 2 rings (SSSR count). The molecule has 8 heteroatoms. The minimum absolute atomic E-state index is 0.0170. The Bertz CT molecular complexity index is 897. The summed E-state index contributed by atoms with van der Waals surface area (Å²) in [6.45, 7) is 9.86. The summed E-state index contributed by atoms with van der Waals surface area (Å²) < 4.78 is 27.2.